The molecule has 47 heavy (non-hydrogen) atoms. The maximum absolute atomic E-state index is 13.6. The van der Waals surface area contributed by atoms with Crippen LogP contribution < -0.4 is 25.4 Å². The molecule has 0 fully saturated rings. The fraction of sp³-hybridized carbons (Fsp3) is 0.143. The molecular formula is C35H33N3O8S. The summed E-state index contributed by atoms with van der Waals surface area (Å²) in [7, 11) is 3.01. The first-order chi connectivity index (χ1) is 22.6. The van der Waals surface area contributed by atoms with Crippen LogP contribution in [0.2, 0.25) is 0 Å². The van der Waals surface area contributed by atoms with Crippen LogP contribution in [0.3, 0.4) is 0 Å². The number of aromatic carboxylic acids is 1. The standard InChI is InChI=1S/C35H33N3O8S/c1-4-31(34(42)37-24-14-15-28(39)26(20-24)35(43)44)47-25-12-8-11-23(19-25)36-33(41)27(38-32(40)22-9-6-5-7-10-22)17-21-13-16-29(45-2)30(18-21)46-3/h5-20,31,39H,4H2,1-3H3,(H,36,41)(H,37,42)(H,38,40)(H,43,44)/b27-17+. The average molecular weight is 656 g/mol. The first kappa shape index (κ1) is 34.1. The van der Waals surface area contributed by atoms with Crippen LogP contribution >= 0.6 is 11.8 Å². The van der Waals surface area contributed by atoms with Gasteiger partial charge in [0.2, 0.25) is 5.91 Å². The highest BCUT2D eigenvalue weighted by Crippen LogP contribution is 2.31. The van der Waals surface area contributed by atoms with Crippen LogP contribution in [0.25, 0.3) is 6.08 Å². The van der Waals surface area contributed by atoms with Gasteiger partial charge in [-0.15, -0.1) is 11.8 Å². The second-order valence-electron chi connectivity index (χ2n) is 10.0. The topological polar surface area (TPSA) is 163 Å². The molecule has 5 N–H and O–H groups in total. The Morgan fingerprint density at radius 1 is 0.830 bits per heavy atom. The van der Waals surface area contributed by atoms with E-state index in [4.69, 9.17) is 9.47 Å². The third-order valence-electron chi connectivity index (χ3n) is 6.78. The molecule has 4 aromatic carbocycles. The number of anilines is 2. The smallest absolute Gasteiger partial charge is 0.339 e. The number of carboxylic acid groups (broad SMARTS) is 1. The Morgan fingerprint density at radius 3 is 2.23 bits per heavy atom. The number of hydrogen-bond acceptors (Lipinski definition) is 8. The van der Waals surface area contributed by atoms with Gasteiger partial charge in [-0.05, 0) is 78.7 Å². The van der Waals surface area contributed by atoms with Crippen molar-refractivity contribution in [3.05, 3.63) is 113 Å². The number of benzene rings is 4. The van der Waals surface area contributed by atoms with Crippen LogP contribution in [0.15, 0.2) is 102 Å². The number of carbonyl (C=O) groups excluding carboxylic acids is 3. The molecule has 0 bridgehead atoms. The number of aromatic hydroxyl groups is 1. The van der Waals surface area contributed by atoms with Crippen LogP contribution in [0, 0.1) is 0 Å². The lowest BCUT2D eigenvalue weighted by Crippen LogP contribution is -2.30. The number of amides is 3. The summed E-state index contributed by atoms with van der Waals surface area (Å²) in [6.45, 7) is 1.84. The van der Waals surface area contributed by atoms with Gasteiger partial charge in [-0.2, -0.15) is 0 Å². The van der Waals surface area contributed by atoms with E-state index in [-0.39, 0.29) is 22.9 Å². The van der Waals surface area contributed by atoms with E-state index < -0.39 is 28.8 Å². The Morgan fingerprint density at radius 2 is 1.55 bits per heavy atom. The Bertz CT molecular complexity index is 1810. The number of methoxy groups -OCH3 is 2. The number of phenols is 1. The number of carbonyl (C=O) groups is 4. The summed E-state index contributed by atoms with van der Waals surface area (Å²) in [5.41, 5.74) is 1.25. The van der Waals surface area contributed by atoms with Crippen LogP contribution in [0.4, 0.5) is 11.4 Å². The van der Waals surface area contributed by atoms with Gasteiger partial charge in [-0.1, -0.05) is 37.3 Å². The first-order valence-electron chi connectivity index (χ1n) is 14.4. The molecule has 0 radical (unpaired) electrons. The van der Waals surface area contributed by atoms with E-state index in [0.717, 1.165) is 0 Å². The van der Waals surface area contributed by atoms with Crippen molar-refractivity contribution in [3.63, 3.8) is 0 Å². The van der Waals surface area contributed by atoms with Crippen molar-refractivity contribution in [3.8, 4) is 17.2 Å². The van der Waals surface area contributed by atoms with Gasteiger partial charge in [-0.25, -0.2) is 4.79 Å². The van der Waals surface area contributed by atoms with Gasteiger partial charge in [0.15, 0.2) is 11.5 Å². The second kappa shape index (κ2) is 16.0. The molecule has 12 heteroatoms. The zero-order valence-electron chi connectivity index (χ0n) is 25.8. The van der Waals surface area contributed by atoms with Crippen molar-refractivity contribution in [2.45, 2.75) is 23.5 Å². The summed E-state index contributed by atoms with van der Waals surface area (Å²) in [6, 6.07) is 24.3. The van der Waals surface area contributed by atoms with Gasteiger partial charge in [0.1, 0.15) is 17.0 Å². The first-order valence-corrected chi connectivity index (χ1v) is 15.2. The quantitative estimate of drug-likeness (QED) is 0.0658. The van der Waals surface area contributed by atoms with Crippen molar-refractivity contribution >= 4 is 52.9 Å². The van der Waals surface area contributed by atoms with E-state index in [1.165, 1.54) is 50.3 Å². The molecule has 4 rings (SSSR count). The fourth-order valence-corrected chi connectivity index (χ4v) is 5.40. The maximum atomic E-state index is 13.6. The molecular weight excluding hydrogens is 622 g/mol. The zero-order chi connectivity index (χ0) is 33.9. The van der Waals surface area contributed by atoms with Gasteiger partial charge in [-0.3, -0.25) is 14.4 Å². The zero-order valence-corrected chi connectivity index (χ0v) is 26.6. The van der Waals surface area contributed by atoms with Crippen molar-refractivity contribution < 1.29 is 38.9 Å². The molecule has 0 spiro atoms. The number of nitrogens with one attached hydrogen (secondary N) is 3. The predicted molar refractivity (Wildman–Crippen MR) is 180 cm³/mol. The van der Waals surface area contributed by atoms with Crippen LogP contribution in [-0.4, -0.2) is 53.4 Å². The number of ether oxygens (including phenoxy) is 2. The summed E-state index contributed by atoms with van der Waals surface area (Å²) < 4.78 is 10.7. The van der Waals surface area contributed by atoms with Gasteiger partial charge in [0.25, 0.3) is 11.8 Å². The van der Waals surface area contributed by atoms with E-state index in [1.54, 1.807) is 72.8 Å². The molecule has 0 saturated heterocycles. The summed E-state index contributed by atoms with van der Waals surface area (Å²) in [4.78, 5) is 51.7. The molecule has 0 aliphatic rings. The lowest BCUT2D eigenvalue weighted by Gasteiger charge is -2.16. The second-order valence-corrected chi connectivity index (χ2v) is 11.3. The molecule has 1 unspecified atom stereocenters. The van der Waals surface area contributed by atoms with Crippen molar-refractivity contribution in [2.24, 2.45) is 0 Å². The molecule has 4 aromatic rings. The van der Waals surface area contributed by atoms with Crippen molar-refractivity contribution in [1.29, 1.82) is 0 Å². The lowest BCUT2D eigenvalue weighted by molar-refractivity contribution is -0.116. The van der Waals surface area contributed by atoms with E-state index in [9.17, 15) is 29.4 Å². The van der Waals surface area contributed by atoms with Gasteiger partial charge in [0, 0.05) is 21.8 Å². The predicted octanol–water partition coefficient (Wildman–Crippen LogP) is 6.03. The van der Waals surface area contributed by atoms with Crippen molar-refractivity contribution in [1.82, 2.24) is 5.32 Å². The Kier molecular flexibility index (Phi) is 11.6. The van der Waals surface area contributed by atoms with Crippen LogP contribution in [0.1, 0.15) is 39.6 Å². The molecule has 0 aliphatic carbocycles. The minimum Gasteiger partial charge on any atom is -0.507 e. The Hall–Kier alpha value is -5.75. The molecule has 0 saturated carbocycles. The molecule has 242 valence electrons. The lowest BCUT2D eigenvalue weighted by atomic mass is 10.1. The molecule has 0 heterocycles. The summed E-state index contributed by atoms with van der Waals surface area (Å²) >= 11 is 1.26. The third kappa shape index (κ3) is 9.14. The van der Waals surface area contributed by atoms with E-state index in [1.807, 2.05) is 6.92 Å². The minimum absolute atomic E-state index is 0.0235. The normalized spacial score (nSPS) is 11.6. The number of carboxylic acids is 1. The highest BCUT2D eigenvalue weighted by molar-refractivity contribution is 8.00. The molecule has 0 aromatic heterocycles. The fourth-order valence-electron chi connectivity index (χ4n) is 4.39. The van der Waals surface area contributed by atoms with Crippen LogP contribution in [0.5, 0.6) is 17.2 Å². The van der Waals surface area contributed by atoms with Gasteiger partial charge < -0.3 is 35.6 Å². The SMILES string of the molecule is CCC(Sc1cccc(NC(=O)/C(=C\c2ccc(OC)c(OC)c2)NC(=O)c2ccccc2)c1)C(=O)Nc1ccc(O)c(C(=O)O)c1. The van der Waals surface area contributed by atoms with E-state index >= 15 is 0 Å². The molecule has 0 aliphatic heterocycles. The van der Waals surface area contributed by atoms with Crippen LogP contribution in [-0.2, 0) is 9.59 Å². The maximum Gasteiger partial charge on any atom is 0.339 e. The van der Waals surface area contributed by atoms with E-state index in [2.05, 4.69) is 16.0 Å². The Labute approximate surface area is 275 Å². The Balaban J connectivity index is 1.53. The van der Waals surface area contributed by atoms with Gasteiger partial charge >= 0.3 is 5.97 Å². The number of thioether (sulfide) groups is 1. The minimum atomic E-state index is -1.32. The van der Waals surface area contributed by atoms with Crippen molar-refractivity contribution in [2.75, 3.05) is 24.9 Å². The largest absolute Gasteiger partial charge is 0.507 e. The summed E-state index contributed by atoms with van der Waals surface area (Å²) in [5, 5.41) is 26.7. The average Bonchev–Trinajstić information content (AvgIpc) is 3.07. The summed E-state index contributed by atoms with van der Waals surface area (Å²) in [5.74, 6) is -2.20. The highest BCUT2D eigenvalue weighted by atomic mass is 32.2. The molecule has 3 amide bonds. The number of rotatable bonds is 13. The molecule has 11 nitrogen and oxygen atoms in total. The van der Waals surface area contributed by atoms with Gasteiger partial charge in [0.05, 0.1) is 19.5 Å². The summed E-state index contributed by atoms with van der Waals surface area (Å²) in [6.07, 6.45) is 1.97. The van der Waals surface area contributed by atoms with E-state index in [0.29, 0.717) is 39.6 Å². The third-order valence-corrected chi connectivity index (χ3v) is 8.13. The highest BCUT2D eigenvalue weighted by Gasteiger charge is 2.21. The molecule has 1 atom stereocenters. The monoisotopic (exact) mass is 655 g/mol. The number of hydrogen-bond donors (Lipinski definition) is 5.